The second-order valence-corrected chi connectivity index (χ2v) is 10.5. The van der Waals surface area contributed by atoms with Gasteiger partial charge in [-0.1, -0.05) is 19.0 Å². The van der Waals surface area contributed by atoms with Crippen molar-refractivity contribution < 1.29 is 18.8 Å². The van der Waals surface area contributed by atoms with Crippen molar-refractivity contribution in [3.8, 4) is 22.9 Å². The number of hydrogen-bond acceptors (Lipinski definition) is 8. The predicted molar refractivity (Wildman–Crippen MR) is 138 cm³/mol. The van der Waals surface area contributed by atoms with Gasteiger partial charge in [0.1, 0.15) is 0 Å². The van der Waals surface area contributed by atoms with Crippen LogP contribution in [0, 0.1) is 17.8 Å². The Hall–Kier alpha value is -2.65. The molecule has 2 aliphatic heterocycles. The van der Waals surface area contributed by atoms with Crippen LogP contribution >= 0.6 is 0 Å². The summed E-state index contributed by atoms with van der Waals surface area (Å²) in [5, 5.41) is 7.31. The molecular formula is C27H41N5O4. The van der Waals surface area contributed by atoms with Gasteiger partial charge in [0, 0.05) is 31.1 Å². The average molecular weight is 500 g/mol. The molecule has 0 spiro atoms. The molecule has 9 nitrogen and oxygen atoms in total. The average Bonchev–Trinajstić information content (AvgIpc) is 3.34. The Kier molecular flexibility index (Phi) is 9.20. The van der Waals surface area contributed by atoms with E-state index in [1.54, 1.807) is 14.2 Å². The number of aromatic nitrogens is 2. The van der Waals surface area contributed by atoms with Crippen LogP contribution in [0.4, 0.5) is 0 Å². The first-order valence-corrected chi connectivity index (χ1v) is 13.2. The highest BCUT2D eigenvalue weighted by molar-refractivity contribution is 5.78. The molecule has 1 amide bonds. The summed E-state index contributed by atoms with van der Waals surface area (Å²) in [6.07, 6.45) is 4.05. The minimum atomic E-state index is 0.0845. The lowest BCUT2D eigenvalue weighted by atomic mass is 9.92. The first kappa shape index (κ1) is 26.4. The molecular weight excluding hydrogens is 458 g/mol. The summed E-state index contributed by atoms with van der Waals surface area (Å²) in [4.78, 5) is 22.1. The Morgan fingerprint density at radius 3 is 2.50 bits per heavy atom. The van der Waals surface area contributed by atoms with Crippen molar-refractivity contribution in [2.45, 2.75) is 46.1 Å². The van der Waals surface area contributed by atoms with Gasteiger partial charge in [0.2, 0.25) is 17.6 Å². The summed E-state index contributed by atoms with van der Waals surface area (Å²) in [6.45, 7) is 11.2. The number of ether oxygens (including phenoxy) is 2. The van der Waals surface area contributed by atoms with E-state index < -0.39 is 0 Å². The minimum Gasteiger partial charge on any atom is -0.493 e. The number of carbonyl (C=O) groups is 1. The highest BCUT2D eigenvalue weighted by Crippen LogP contribution is 2.31. The van der Waals surface area contributed by atoms with Crippen molar-refractivity contribution in [3.63, 3.8) is 0 Å². The van der Waals surface area contributed by atoms with Crippen molar-refractivity contribution in [2.75, 3.05) is 53.5 Å². The van der Waals surface area contributed by atoms with Crippen LogP contribution in [0.3, 0.4) is 0 Å². The Balaban J connectivity index is 1.17. The largest absolute Gasteiger partial charge is 0.493 e. The third-order valence-electron chi connectivity index (χ3n) is 7.32. The maximum absolute atomic E-state index is 12.7. The number of amides is 1. The van der Waals surface area contributed by atoms with E-state index in [0.717, 1.165) is 62.8 Å². The van der Waals surface area contributed by atoms with Crippen molar-refractivity contribution in [1.29, 1.82) is 0 Å². The number of nitrogens with one attached hydrogen (secondary N) is 1. The van der Waals surface area contributed by atoms with Crippen LogP contribution in [0.5, 0.6) is 11.5 Å². The quantitative estimate of drug-likeness (QED) is 0.497. The second kappa shape index (κ2) is 12.5. The Morgan fingerprint density at radius 1 is 1.08 bits per heavy atom. The standard InChI is InChI=1S/C27H41N5O4/c1-19-14-20(2)17-32(16-19)11-5-10-28-27(33)21-8-12-31(13-9-21)18-25-29-26(30-36-25)22-6-7-23(34-3)24(15-22)35-4/h6-7,15,19-21H,5,8-14,16-18H2,1-4H3,(H,28,33). The fraction of sp³-hybridized carbons (Fsp3) is 0.667. The normalized spacial score (nSPS) is 21.9. The summed E-state index contributed by atoms with van der Waals surface area (Å²) >= 11 is 0. The molecule has 0 bridgehead atoms. The van der Waals surface area contributed by atoms with Crippen LogP contribution in [-0.4, -0.2) is 79.3 Å². The molecule has 0 aliphatic carbocycles. The lowest BCUT2D eigenvalue weighted by Gasteiger charge is -2.35. The van der Waals surface area contributed by atoms with Crippen LogP contribution in [-0.2, 0) is 11.3 Å². The van der Waals surface area contributed by atoms with E-state index in [0.29, 0.717) is 29.8 Å². The van der Waals surface area contributed by atoms with Crippen LogP contribution < -0.4 is 14.8 Å². The number of benzene rings is 1. The number of rotatable bonds is 10. The van der Waals surface area contributed by atoms with Crippen molar-refractivity contribution in [2.24, 2.45) is 17.8 Å². The molecule has 2 saturated heterocycles. The second-order valence-electron chi connectivity index (χ2n) is 10.5. The smallest absolute Gasteiger partial charge is 0.241 e. The van der Waals surface area contributed by atoms with Crippen LogP contribution in [0.1, 0.15) is 45.4 Å². The molecule has 36 heavy (non-hydrogen) atoms. The molecule has 0 saturated carbocycles. The zero-order valence-corrected chi connectivity index (χ0v) is 22.2. The summed E-state index contributed by atoms with van der Waals surface area (Å²) < 4.78 is 16.2. The van der Waals surface area contributed by atoms with E-state index >= 15 is 0 Å². The number of piperidine rings is 2. The lowest BCUT2D eigenvalue weighted by molar-refractivity contribution is -0.126. The van der Waals surface area contributed by atoms with Gasteiger partial charge >= 0.3 is 0 Å². The monoisotopic (exact) mass is 499 g/mol. The van der Waals surface area contributed by atoms with Crippen LogP contribution in [0.15, 0.2) is 22.7 Å². The van der Waals surface area contributed by atoms with E-state index in [-0.39, 0.29) is 11.8 Å². The van der Waals surface area contributed by atoms with Crippen LogP contribution in [0.25, 0.3) is 11.4 Å². The summed E-state index contributed by atoms with van der Waals surface area (Å²) in [7, 11) is 3.21. The fourth-order valence-corrected chi connectivity index (χ4v) is 5.59. The predicted octanol–water partition coefficient (Wildman–Crippen LogP) is 3.45. The van der Waals surface area contributed by atoms with Crippen LogP contribution in [0.2, 0.25) is 0 Å². The maximum atomic E-state index is 12.7. The van der Waals surface area contributed by atoms with Gasteiger partial charge in [-0.05, 0) is 75.4 Å². The molecule has 2 atom stereocenters. The summed E-state index contributed by atoms with van der Waals surface area (Å²) in [5.74, 6) is 4.21. The number of methoxy groups -OCH3 is 2. The number of hydrogen-bond donors (Lipinski definition) is 1. The van der Waals surface area contributed by atoms with E-state index in [2.05, 4.69) is 39.1 Å². The lowest BCUT2D eigenvalue weighted by Crippen LogP contribution is -2.42. The number of carbonyl (C=O) groups excluding carboxylic acids is 1. The van der Waals surface area contributed by atoms with Gasteiger partial charge in [0.25, 0.3) is 0 Å². The summed E-state index contributed by atoms with van der Waals surface area (Å²) in [5.41, 5.74) is 0.808. The minimum absolute atomic E-state index is 0.0845. The number of nitrogens with zero attached hydrogens (tertiary/aromatic N) is 4. The van der Waals surface area contributed by atoms with Gasteiger partial charge in [-0.2, -0.15) is 4.98 Å². The zero-order chi connectivity index (χ0) is 25.5. The maximum Gasteiger partial charge on any atom is 0.241 e. The molecule has 198 valence electrons. The molecule has 2 fully saturated rings. The molecule has 1 aromatic carbocycles. The molecule has 2 aromatic rings. The van der Waals surface area contributed by atoms with E-state index in [1.165, 1.54) is 19.5 Å². The van der Waals surface area contributed by atoms with E-state index in [4.69, 9.17) is 14.0 Å². The molecule has 2 unspecified atom stereocenters. The summed E-state index contributed by atoms with van der Waals surface area (Å²) in [6, 6.07) is 5.55. The SMILES string of the molecule is COc1ccc(-c2noc(CN3CCC(C(=O)NCCCN4CC(C)CC(C)C4)CC3)n2)cc1OC. The Labute approximate surface area is 214 Å². The third kappa shape index (κ3) is 6.97. The molecule has 4 rings (SSSR count). The van der Waals surface area contributed by atoms with Gasteiger partial charge in [-0.3, -0.25) is 9.69 Å². The number of likely N-dealkylation sites (tertiary alicyclic amines) is 2. The first-order valence-electron chi connectivity index (χ1n) is 13.2. The highest BCUT2D eigenvalue weighted by atomic mass is 16.5. The molecule has 2 aliphatic rings. The van der Waals surface area contributed by atoms with Gasteiger partial charge in [-0.15, -0.1) is 0 Å². The van der Waals surface area contributed by atoms with Crippen molar-refractivity contribution >= 4 is 5.91 Å². The first-order chi connectivity index (χ1) is 17.4. The molecule has 9 heteroatoms. The highest BCUT2D eigenvalue weighted by Gasteiger charge is 2.26. The van der Waals surface area contributed by atoms with Gasteiger partial charge < -0.3 is 24.2 Å². The topological polar surface area (TPSA) is 93.0 Å². The van der Waals surface area contributed by atoms with E-state index in [9.17, 15) is 4.79 Å². The molecule has 0 radical (unpaired) electrons. The van der Waals surface area contributed by atoms with E-state index in [1.807, 2.05) is 18.2 Å². The van der Waals surface area contributed by atoms with Gasteiger partial charge in [0.05, 0.1) is 20.8 Å². The van der Waals surface area contributed by atoms with Crippen molar-refractivity contribution in [1.82, 2.24) is 25.3 Å². The Bertz CT molecular complexity index is 978. The van der Waals surface area contributed by atoms with Crippen molar-refractivity contribution in [3.05, 3.63) is 24.1 Å². The molecule has 1 N–H and O–H groups in total. The van der Waals surface area contributed by atoms with Gasteiger partial charge in [0.15, 0.2) is 11.5 Å². The molecule has 1 aromatic heterocycles. The zero-order valence-electron chi connectivity index (χ0n) is 22.2. The fourth-order valence-electron chi connectivity index (χ4n) is 5.59. The van der Waals surface area contributed by atoms with Gasteiger partial charge in [-0.25, -0.2) is 0 Å². The third-order valence-corrected chi connectivity index (χ3v) is 7.32. The Morgan fingerprint density at radius 2 is 1.81 bits per heavy atom. The molecule has 3 heterocycles.